The van der Waals surface area contributed by atoms with Gasteiger partial charge in [0.2, 0.25) is 11.6 Å². The van der Waals surface area contributed by atoms with Gasteiger partial charge in [-0.2, -0.15) is 4.98 Å². The fourth-order valence-corrected chi connectivity index (χ4v) is 1.79. The highest BCUT2D eigenvalue weighted by Crippen LogP contribution is 2.30. The molecule has 0 unspecified atom stereocenters. The van der Waals surface area contributed by atoms with Gasteiger partial charge in [0.15, 0.2) is 0 Å². The molecule has 0 spiro atoms. The lowest BCUT2D eigenvalue weighted by Gasteiger charge is -1.99. The molecule has 8 heteroatoms. The van der Waals surface area contributed by atoms with E-state index in [0.29, 0.717) is 11.1 Å². The molecular weight excluding hydrogens is 280 g/mol. The number of nitrogens with zero attached hydrogens (tertiary/aromatic N) is 2. The summed E-state index contributed by atoms with van der Waals surface area (Å²) in [5, 5.41) is 19.9. The third-order valence-electron chi connectivity index (χ3n) is 2.59. The van der Waals surface area contributed by atoms with Crippen LogP contribution in [0.15, 0.2) is 22.6 Å². The number of aryl methyl sites for hydroxylation is 1. The summed E-state index contributed by atoms with van der Waals surface area (Å²) < 4.78 is 10.3. The summed E-state index contributed by atoms with van der Waals surface area (Å²) in [5.41, 5.74) is 0.455. The smallest absolute Gasteiger partial charge is 0.362 e. The van der Waals surface area contributed by atoms with E-state index in [1.165, 1.54) is 12.1 Å². The van der Waals surface area contributed by atoms with E-state index < -0.39 is 10.9 Å². The van der Waals surface area contributed by atoms with Crippen LogP contribution in [0.4, 0.5) is 5.69 Å². The van der Waals surface area contributed by atoms with Crippen LogP contribution in [0.25, 0.3) is 11.5 Å². The van der Waals surface area contributed by atoms with Crippen molar-refractivity contribution < 1.29 is 24.0 Å². The van der Waals surface area contributed by atoms with Crippen LogP contribution in [0.1, 0.15) is 23.0 Å². The van der Waals surface area contributed by atoms with Crippen LogP contribution in [0.3, 0.4) is 0 Å². The first kappa shape index (κ1) is 14.5. The molecule has 1 heterocycles. The molecule has 0 atom stereocenters. The molecule has 0 amide bonds. The minimum Gasteiger partial charge on any atom is -0.476 e. The SMILES string of the molecule is CCOc1oc(-c2cc(C)cc([N+](=O)[O-])c2)nc1C(=O)O. The first-order chi connectivity index (χ1) is 9.92. The summed E-state index contributed by atoms with van der Waals surface area (Å²) in [4.78, 5) is 25.2. The van der Waals surface area contributed by atoms with Crippen LogP contribution in [-0.4, -0.2) is 27.6 Å². The predicted molar refractivity (Wildman–Crippen MR) is 71.5 cm³/mol. The molecule has 0 saturated carbocycles. The Morgan fingerprint density at radius 2 is 2.19 bits per heavy atom. The highest BCUT2D eigenvalue weighted by atomic mass is 16.6. The zero-order valence-corrected chi connectivity index (χ0v) is 11.3. The Morgan fingerprint density at radius 3 is 2.76 bits per heavy atom. The van der Waals surface area contributed by atoms with Gasteiger partial charge in [-0.05, 0) is 25.5 Å². The fraction of sp³-hybridized carbons (Fsp3) is 0.231. The zero-order chi connectivity index (χ0) is 15.6. The number of oxazole rings is 1. The van der Waals surface area contributed by atoms with Gasteiger partial charge in [0.25, 0.3) is 5.69 Å². The van der Waals surface area contributed by atoms with Gasteiger partial charge in [-0.25, -0.2) is 4.79 Å². The largest absolute Gasteiger partial charge is 0.476 e. The number of aromatic carboxylic acids is 1. The average molecular weight is 292 g/mol. The van der Waals surface area contributed by atoms with Crippen molar-refractivity contribution in [3.05, 3.63) is 39.6 Å². The number of non-ortho nitro benzene ring substituents is 1. The third-order valence-corrected chi connectivity index (χ3v) is 2.59. The number of carboxylic acid groups (broad SMARTS) is 1. The molecule has 1 aromatic heterocycles. The van der Waals surface area contributed by atoms with Crippen molar-refractivity contribution in [3.63, 3.8) is 0 Å². The van der Waals surface area contributed by atoms with Gasteiger partial charge in [-0.3, -0.25) is 10.1 Å². The van der Waals surface area contributed by atoms with Gasteiger partial charge >= 0.3 is 11.9 Å². The predicted octanol–water partition coefficient (Wildman–Crippen LogP) is 2.66. The fourth-order valence-electron chi connectivity index (χ4n) is 1.79. The van der Waals surface area contributed by atoms with Crippen molar-refractivity contribution in [2.24, 2.45) is 0 Å². The second-order valence-corrected chi connectivity index (χ2v) is 4.21. The van der Waals surface area contributed by atoms with Gasteiger partial charge < -0.3 is 14.3 Å². The van der Waals surface area contributed by atoms with Crippen molar-refractivity contribution >= 4 is 11.7 Å². The number of ether oxygens (including phenoxy) is 1. The summed E-state index contributed by atoms with van der Waals surface area (Å²) in [7, 11) is 0. The maximum absolute atomic E-state index is 11.1. The average Bonchev–Trinajstić information content (AvgIpc) is 2.82. The number of carboxylic acids is 1. The van der Waals surface area contributed by atoms with E-state index in [2.05, 4.69) is 4.98 Å². The zero-order valence-electron chi connectivity index (χ0n) is 11.3. The van der Waals surface area contributed by atoms with Crippen molar-refractivity contribution in [2.45, 2.75) is 13.8 Å². The molecule has 110 valence electrons. The van der Waals surface area contributed by atoms with E-state index in [9.17, 15) is 14.9 Å². The summed E-state index contributed by atoms with van der Waals surface area (Å²) in [6, 6.07) is 4.27. The molecule has 1 N–H and O–H groups in total. The Hall–Kier alpha value is -2.90. The summed E-state index contributed by atoms with van der Waals surface area (Å²) >= 11 is 0. The Morgan fingerprint density at radius 1 is 1.48 bits per heavy atom. The van der Waals surface area contributed by atoms with Crippen LogP contribution in [-0.2, 0) is 0 Å². The third kappa shape index (κ3) is 2.99. The number of rotatable bonds is 5. The molecule has 0 aliphatic carbocycles. The number of carbonyl (C=O) groups is 1. The van der Waals surface area contributed by atoms with Crippen molar-refractivity contribution in [3.8, 4) is 17.4 Å². The lowest BCUT2D eigenvalue weighted by atomic mass is 10.1. The van der Waals surface area contributed by atoms with Gasteiger partial charge in [0.05, 0.1) is 11.5 Å². The number of nitro groups is 1. The second-order valence-electron chi connectivity index (χ2n) is 4.21. The molecule has 2 rings (SSSR count). The normalized spacial score (nSPS) is 10.4. The lowest BCUT2D eigenvalue weighted by molar-refractivity contribution is -0.384. The molecule has 0 bridgehead atoms. The molecule has 0 aliphatic rings. The summed E-state index contributed by atoms with van der Waals surface area (Å²) in [5.74, 6) is -1.55. The Kier molecular flexibility index (Phi) is 3.88. The maximum Gasteiger partial charge on any atom is 0.362 e. The number of hydrogen-bond acceptors (Lipinski definition) is 6. The van der Waals surface area contributed by atoms with Crippen LogP contribution in [0.5, 0.6) is 5.95 Å². The van der Waals surface area contributed by atoms with Gasteiger partial charge in [-0.15, -0.1) is 0 Å². The van der Waals surface area contributed by atoms with Crippen LogP contribution in [0, 0.1) is 17.0 Å². The number of hydrogen-bond donors (Lipinski definition) is 1. The van der Waals surface area contributed by atoms with Crippen molar-refractivity contribution in [2.75, 3.05) is 6.61 Å². The second kappa shape index (κ2) is 5.61. The minimum atomic E-state index is -1.30. The molecule has 8 nitrogen and oxygen atoms in total. The van der Waals surface area contributed by atoms with Crippen LogP contribution in [0.2, 0.25) is 0 Å². The number of nitro benzene ring substituents is 1. The minimum absolute atomic E-state index is 0.0392. The quantitative estimate of drug-likeness (QED) is 0.665. The van der Waals surface area contributed by atoms with E-state index in [1.54, 1.807) is 19.9 Å². The van der Waals surface area contributed by atoms with Gasteiger partial charge in [0, 0.05) is 17.7 Å². The molecule has 0 saturated heterocycles. The maximum atomic E-state index is 11.1. The Labute approximate surface area is 119 Å². The highest BCUT2D eigenvalue weighted by Gasteiger charge is 2.22. The topological polar surface area (TPSA) is 116 Å². The molecule has 0 fully saturated rings. The molecular formula is C13H12N2O6. The van der Waals surface area contributed by atoms with Crippen molar-refractivity contribution in [1.29, 1.82) is 0 Å². The van der Waals surface area contributed by atoms with Crippen molar-refractivity contribution in [1.82, 2.24) is 4.98 Å². The van der Waals surface area contributed by atoms with E-state index in [-0.39, 0.29) is 29.8 Å². The van der Waals surface area contributed by atoms with E-state index in [4.69, 9.17) is 14.3 Å². The lowest BCUT2D eigenvalue weighted by Crippen LogP contribution is -2.01. The van der Waals surface area contributed by atoms with Crippen LogP contribution < -0.4 is 4.74 Å². The first-order valence-corrected chi connectivity index (χ1v) is 6.05. The van der Waals surface area contributed by atoms with E-state index in [0.717, 1.165) is 0 Å². The molecule has 0 aliphatic heterocycles. The molecule has 2 aromatic rings. The van der Waals surface area contributed by atoms with E-state index in [1.807, 2.05) is 0 Å². The summed E-state index contributed by atoms with van der Waals surface area (Å²) in [6.45, 7) is 3.56. The standard InChI is InChI=1S/C13H12N2O6/c1-3-20-13-10(12(16)17)14-11(21-13)8-4-7(2)5-9(6-8)15(18)19/h4-6H,3H2,1-2H3,(H,16,17). The first-order valence-electron chi connectivity index (χ1n) is 6.05. The van der Waals surface area contributed by atoms with Gasteiger partial charge in [-0.1, -0.05) is 0 Å². The molecule has 1 aromatic carbocycles. The van der Waals surface area contributed by atoms with Gasteiger partial charge in [0.1, 0.15) is 0 Å². The monoisotopic (exact) mass is 292 g/mol. The Bertz CT molecular complexity index is 707. The number of benzene rings is 1. The number of aromatic nitrogens is 1. The molecule has 0 radical (unpaired) electrons. The molecule has 21 heavy (non-hydrogen) atoms. The highest BCUT2D eigenvalue weighted by molar-refractivity contribution is 5.88. The van der Waals surface area contributed by atoms with E-state index >= 15 is 0 Å². The summed E-state index contributed by atoms with van der Waals surface area (Å²) in [6.07, 6.45) is 0. The Balaban J connectivity index is 2.54. The van der Waals surface area contributed by atoms with Crippen LogP contribution >= 0.6 is 0 Å².